The van der Waals surface area contributed by atoms with E-state index in [0.717, 1.165) is 37.5 Å². The number of aromatic nitrogens is 2. The van der Waals surface area contributed by atoms with Crippen molar-refractivity contribution in [3.05, 3.63) is 65.9 Å². The molecule has 5 nitrogen and oxygen atoms in total. The minimum atomic E-state index is -3.39. The summed E-state index contributed by atoms with van der Waals surface area (Å²) in [4.78, 5) is 9.46. The van der Waals surface area contributed by atoms with E-state index in [9.17, 15) is 8.42 Å². The van der Waals surface area contributed by atoms with Gasteiger partial charge in [-0.25, -0.2) is 18.4 Å². The monoisotopic (exact) mass is 645 g/mol. The SMILES string of the molecule is O=S1(=O)CCCCN1c1nc(-c2ccccc2CI)ncc1-c1ccc(CI)cc1. The molecule has 3 aromatic rings. The average molecular weight is 645 g/mol. The standard InChI is InChI=1S/C22H21I2N3O2S/c23-13-16-7-9-17(10-8-16)20-15-25-21(19-6-2-1-5-18(19)14-24)26-22(20)27-11-3-4-12-30(27,28)29/h1-2,5-10,15H,3-4,11-14H2. The van der Waals surface area contributed by atoms with Gasteiger partial charge in [-0.2, -0.15) is 0 Å². The van der Waals surface area contributed by atoms with Crippen LogP contribution in [-0.4, -0.2) is 30.7 Å². The highest BCUT2D eigenvalue weighted by Crippen LogP contribution is 2.35. The lowest BCUT2D eigenvalue weighted by Crippen LogP contribution is -2.38. The third-order valence-electron chi connectivity index (χ3n) is 5.18. The number of halogens is 2. The highest BCUT2D eigenvalue weighted by atomic mass is 127. The maximum Gasteiger partial charge on any atom is 0.236 e. The second-order valence-corrected chi connectivity index (χ2v) is 10.7. The summed E-state index contributed by atoms with van der Waals surface area (Å²) < 4.78 is 29.0. The van der Waals surface area contributed by atoms with Crippen molar-refractivity contribution in [2.45, 2.75) is 21.7 Å². The third-order valence-corrected chi connectivity index (χ3v) is 8.71. The van der Waals surface area contributed by atoms with Gasteiger partial charge in [0.25, 0.3) is 0 Å². The molecule has 0 saturated carbocycles. The maximum absolute atomic E-state index is 12.9. The summed E-state index contributed by atoms with van der Waals surface area (Å²) in [6.45, 7) is 0.450. The molecule has 1 aromatic heterocycles. The van der Waals surface area contributed by atoms with Gasteiger partial charge in [-0.1, -0.05) is 93.7 Å². The van der Waals surface area contributed by atoms with Crippen molar-refractivity contribution in [1.29, 1.82) is 0 Å². The number of anilines is 1. The van der Waals surface area contributed by atoms with E-state index in [4.69, 9.17) is 4.98 Å². The lowest BCUT2D eigenvalue weighted by molar-refractivity contribution is 0.573. The minimum absolute atomic E-state index is 0.157. The van der Waals surface area contributed by atoms with Crippen LogP contribution >= 0.6 is 45.2 Å². The van der Waals surface area contributed by atoms with Crippen molar-refractivity contribution in [2.24, 2.45) is 0 Å². The van der Waals surface area contributed by atoms with E-state index in [2.05, 4.69) is 68.4 Å². The molecule has 1 aliphatic heterocycles. The number of benzene rings is 2. The lowest BCUT2D eigenvalue weighted by Gasteiger charge is -2.29. The molecule has 1 aliphatic rings. The van der Waals surface area contributed by atoms with Crippen LogP contribution in [0.2, 0.25) is 0 Å². The highest BCUT2D eigenvalue weighted by molar-refractivity contribution is 14.1. The zero-order valence-corrected chi connectivity index (χ0v) is 21.4. The number of rotatable bonds is 5. The molecule has 0 amide bonds. The van der Waals surface area contributed by atoms with Gasteiger partial charge >= 0.3 is 0 Å². The molecule has 0 spiro atoms. The summed E-state index contributed by atoms with van der Waals surface area (Å²) in [5.41, 5.74) is 4.96. The van der Waals surface area contributed by atoms with Crippen LogP contribution in [0.15, 0.2) is 54.7 Å². The summed E-state index contributed by atoms with van der Waals surface area (Å²) in [6, 6.07) is 16.2. The first-order valence-electron chi connectivity index (χ1n) is 9.70. The molecule has 8 heteroatoms. The van der Waals surface area contributed by atoms with Gasteiger partial charge in [-0.3, -0.25) is 4.31 Å². The van der Waals surface area contributed by atoms with E-state index in [1.807, 2.05) is 30.3 Å². The molecule has 1 saturated heterocycles. The zero-order valence-electron chi connectivity index (χ0n) is 16.3. The molecule has 30 heavy (non-hydrogen) atoms. The number of sulfonamides is 1. The Morgan fingerprint density at radius 2 is 1.70 bits per heavy atom. The van der Waals surface area contributed by atoms with E-state index in [1.165, 1.54) is 9.87 Å². The fourth-order valence-electron chi connectivity index (χ4n) is 3.55. The summed E-state index contributed by atoms with van der Waals surface area (Å²) >= 11 is 4.65. The number of hydrogen-bond acceptors (Lipinski definition) is 4. The Hall–Kier alpha value is -1.27. The van der Waals surface area contributed by atoms with Gasteiger partial charge in [0.2, 0.25) is 10.0 Å². The van der Waals surface area contributed by atoms with Gasteiger partial charge in [-0.05, 0) is 29.5 Å². The molecule has 1 fully saturated rings. The summed E-state index contributed by atoms with van der Waals surface area (Å²) in [6.07, 6.45) is 3.29. The largest absolute Gasteiger partial charge is 0.253 e. The molecule has 0 N–H and O–H groups in total. The third kappa shape index (κ3) is 4.50. The van der Waals surface area contributed by atoms with Crippen LogP contribution in [0.4, 0.5) is 5.82 Å². The van der Waals surface area contributed by atoms with Crippen molar-refractivity contribution in [3.63, 3.8) is 0 Å². The minimum Gasteiger partial charge on any atom is -0.253 e. The Morgan fingerprint density at radius 3 is 2.40 bits per heavy atom. The van der Waals surface area contributed by atoms with Crippen molar-refractivity contribution >= 4 is 61.0 Å². The Bertz CT molecular complexity index is 1150. The normalized spacial score (nSPS) is 15.9. The molecule has 156 valence electrons. The molecule has 0 atom stereocenters. The van der Waals surface area contributed by atoms with Gasteiger partial charge in [-0.15, -0.1) is 0 Å². The molecule has 2 aromatic carbocycles. The fraction of sp³-hybridized carbons (Fsp3) is 0.273. The number of nitrogens with zero attached hydrogens (tertiary/aromatic N) is 3. The van der Waals surface area contributed by atoms with Gasteiger partial charge in [0.15, 0.2) is 11.6 Å². The molecule has 0 unspecified atom stereocenters. The smallest absolute Gasteiger partial charge is 0.236 e. The lowest BCUT2D eigenvalue weighted by atomic mass is 10.0. The fourth-order valence-corrected chi connectivity index (χ4v) is 6.32. The highest BCUT2D eigenvalue weighted by Gasteiger charge is 2.30. The van der Waals surface area contributed by atoms with Crippen LogP contribution < -0.4 is 4.31 Å². The quantitative estimate of drug-likeness (QED) is 0.268. The van der Waals surface area contributed by atoms with Crippen LogP contribution in [-0.2, 0) is 18.9 Å². The van der Waals surface area contributed by atoms with E-state index in [0.29, 0.717) is 24.6 Å². The van der Waals surface area contributed by atoms with E-state index >= 15 is 0 Å². The van der Waals surface area contributed by atoms with Crippen molar-refractivity contribution in [2.75, 3.05) is 16.6 Å². The van der Waals surface area contributed by atoms with Gasteiger partial charge in [0, 0.05) is 32.7 Å². The van der Waals surface area contributed by atoms with Crippen LogP contribution in [0.3, 0.4) is 0 Å². The number of alkyl halides is 2. The first-order chi connectivity index (χ1) is 14.5. The molecular weight excluding hydrogens is 624 g/mol. The number of hydrogen-bond donors (Lipinski definition) is 0. The molecule has 0 radical (unpaired) electrons. The molecular formula is C22H21I2N3O2S. The van der Waals surface area contributed by atoms with E-state index in [1.54, 1.807) is 6.20 Å². The van der Waals surface area contributed by atoms with Crippen LogP contribution in [0.1, 0.15) is 24.0 Å². The Balaban J connectivity index is 1.89. The summed E-state index contributed by atoms with van der Waals surface area (Å²) in [5, 5.41) is 0. The van der Waals surface area contributed by atoms with Crippen molar-refractivity contribution < 1.29 is 8.42 Å². The first kappa shape index (κ1) is 21.9. The van der Waals surface area contributed by atoms with Crippen LogP contribution in [0.5, 0.6) is 0 Å². The molecule has 0 bridgehead atoms. The van der Waals surface area contributed by atoms with E-state index in [-0.39, 0.29) is 5.75 Å². The van der Waals surface area contributed by atoms with Crippen LogP contribution in [0, 0.1) is 0 Å². The van der Waals surface area contributed by atoms with Crippen molar-refractivity contribution in [3.8, 4) is 22.5 Å². The predicted octanol–water partition coefficient (Wildman–Crippen LogP) is 5.61. The zero-order chi connectivity index (χ0) is 21.1. The molecule has 4 rings (SSSR count). The van der Waals surface area contributed by atoms with E-state index < -0.39 is 10.0 Å². The molecule has 0 aliphatic carbocycles. The first-order valence-corrected chi connectivity index (χ1v) is 14.4. The second kappa shape index (κ2) is 9.47. The predicted molar refractivity (Wildman–Crippen MR) is 139 cm³/mol. The topological polar surface area (TPSA) is 63.2 Å². The molecule has 2 heterocycles. The Labute approximate surface area is 204 Å². The summed E-state index contributed by atoms with van der Waals surface area (Å²) in [7, 11) is -3.39. The van der Waals surface area contributed by atoms with Crippen molar-refractivity contribution in [1.82, 2.24) is 9.97 Å². The van der Waals surface area contributed by atoms with Crippen LogP contribution in [0.25, 0.3) is 22.5 Å². The Morgan fingerprint density at radius 1 is 0.933 bits per heavy atom. The average Bonchev–Trinajstić information content (AvgIpc) is 2.78. The summed E-state index contributed by atoms with van der Waals surface area (Å²) in [5.74, 6) is 1.19. The second-order valence-electron chi connectivity index (χ2n) is 7.15. The Kier molecular flexibility index (Phi) is 6.93. The maximum atomic E-state index is 12.9. The van der Waals surface area contributed by atoms with Gasteiger partial charge < -0.3 is 0 Å². The van der Waals surface area contributed by atoms with Gasteiger partial charge in [0.05, 0.1) is 5.75 Å². The van der Waals surface area contributed by atoms with Gasteiger partial charge in [0.1, 0.15) is 0 Å².